The Bertz CT molecular complexity index is 417. The van der Waals surface area contributed by atoms with Crippen LogP contribution < -0.4 is 0 Å². The van der Waals surface area contributed by atoms with Gasteiger partial charge in [0, 0.05) is 0 Å². The Morgan fingerprint density at radius 1 is 1.29 bits per heavy atom. The molecule has 0 radical (unpaired) electrons. The molecule has 1 heterocycles. The summed E-state index contributed by atoms with van der Waals surface area (Å²) in [5, 5.41) is 8.26. The van der Waals surface area contributed by atoms with Crippen molar-refractivity contribution in [2.24, 2.45) is 10.2 Å². The van der Waals surface area contributed by atoms with E-state index in [1.54, 1.807) is 18.2 Å². The van der Waals surface area contributed by atoms with Crippen molar-refractivity contribution in [2.45, 2.75) is 12.5 Å². The molecule has 1 aromatic carbocycles. The van der Waals surface area contributed by atoms with Crippen LogP contribution in [0.5, 0.6) is 0 Å². The molecule has 0 saturated carbocycles. The highest BCUT2D eigenvalue weighted by Crippen LogP contribution is 2.31. The van der Waals surface area contributed by atoms with Crippen molar-refractivity contribution >= 4 is 29.1 Å². The quantitative estimate of drug-likeness (QED) is 0.727. The van der Waals surface area contributed by atoms with Gasteiger partial charge in [-0.05, 0) is 17.7 Å². The molecular formula is C9H6Cl2N2O. The van der Waals surface area contributed by atoms with E-state index in [1.165, 1.54) is 0 Å². The highest BCUT2D eigenvalue weighted by atomic mass is 35.5. The van der Waals surface area contributed by atoms with Gasteiger partial charge in [-0.2, -0.15) is 5.11 Å². The highest BCUT2D eigenvalue weighted by Gasteiger charge is 2.21. The van der Waals surface area contributed by atoms with Crippen molar-refractivity contribution in [3.63, 3.8) is 0 Å². The largest absolute Gasteiger partial charge is 0.271 e. The Morgan fingerprint density at radius 3 is 2.64 bits per heavy atom. The van der Waals surface area contributed by atoms with Gasteiger partial charge >= 0.3 is 0 Å². The van der Waals surface area contributed by atoms with Gasteiger partial charge < -0.3 is 0 Å². The highest BCUT2D eigenvalue weighted by molar-refractivity contribution is 6.42. The van der Waals surface area contributed by atoms with Crippen LogP contribution >= 0.6 is 23.2 Å². The van der Waals surface area contributed by atoms with E-state index in [1.807, 2.05) is 0 Å². The molecule has 72 valence electrons. The molecule has 1 unspecified atom stereocenters. The number of azo groups is 1. The molecule has 0 aromatic heterocycles. The minimum absolute atomic E-state index is 0.193. The van der Waals surface area contributed by atoms with E-state index < -0.39 is 0 Å². The van der Waals surface area contributed by atoms with Gasteiger partial charge in [-0.15, -0.1) is 5.11 Å². The van der Waals surface area contributed by atoms with Crippen LogP contribution in [0.25, 0.3) is 0 Å². The van der Waals surface area contributed by atoms with Gasteiger partial charge in [0.05, 0.1) is 16.5 Å². The van der Waals surface area contributed by atoms with Crippen LogP contribution in [0.4, 0.5) is 0 Å². The number of hydrogen-bond acceptors (Lipinski definition) is 2. The lowest BCUT2D eigenvalue weighted by atomic mass is 10.1. The van der Waals surface area contributed by atoms with Crippen LogP contribution in [0.15, 0.2) is 28.4 Å². The average molecular weight is 229 g/mol. The fourth-order valence-corrected chi connectivity index (χ4v) is 1.59. The lowest BCUT2D eigenvalue weighted by Gasteiger charge is -2.05. The molecule has 2 rings (SSSR count). The first-order chi connectivity index (χ1) is 6.66. The van der Waals surface area contributed by atoms with Crippen LogP contribution in [0.1, 0.15) is 18.0 Å². The van der Waals surface area contributed by atoms with Crippen LogP contribution in [0.2, 0.25) is 10.0 Å². The molecule has 0 spiro atoms. The number of halogens is 2. The number of rotatable bonds is 1. The summed E-state index contributed by atoms with van der Waals surface area (Å²) in [6.45, 7) is 0. The molecule has 1 aromatic rings. The topological polar surface area (TPSA) is 41.8 Å². The van der Waals surface area contributed by atoms with E-state index in [0.717, 1.165) is 5.56 Å². The lowest BCUT2D eigenvalue weighted by Crippen LogP contribution is -1.94. The summed E-state index contributed by atoms with van der Waals surface area (Å²) in [6, 6.07) is 5.01. The van der Waals surface area contributed by atoms with Crippen LogP contribution in [0, 0.1) is 0 Å². The fourth-order valence-electron chi connectivity index (χ4n) is 1.29. The van der Waals surface area contributed by atoms with Crippen LogP contribution in [-0.4, -0.2) is 5.91 Å². The Hall–Kier alpha value is -0.930. The monoisotopic (exact) mass is 228 g/mol. The van der Waals surface area contributed by atoms with Crippen molar-refractivity contribution in [3.8, 4) is 0 Å². The molecular weight excluding hydrogens is 223 g/mol. The SMILES string of the molecule is O=C1CC(c2ccc(Cl)c(Cl)c2)N=N1. The summed E-state index contributed by atoms with van der Waals surface area (Å²) < 4.78 is 0. The number of nitrogens with zero attached hydrogens (tertiary/aromatic N) is 2. The molecule has 3 nitrogen and oxygen atoms in total. The molecule has 1 amide bonds. The van der Waals surface area contributed by atoms with Crippen molar-refractivity contribution in [1.29, 1.82) is 0 Å². The van der Waals surface area contributed by atoms with Gasteiger partial charge in [0.2, 0.25) is 0 Å². The zero-order valence-corrected chi connectivity index (χ0v) is 8.59. The maximum atomic E-state index is 10.9. The van der Waals surface area contributed by atoms with Gasteiger partial charge in [0.1, 0.15) is 6.04 Å². The average Bonchev–Trinajstić information content (AvgIpc) is 2.57. The summed E-state index contributed by atoms with van der Waals surface area (Å²) in [7, 11) is 0. The third-order valence-corrected chi connectivity index (χ3v) is 2.74. The van der Waals surface area contributed by atoms with E-state index in [9.17, 15) is 4.79 Å². The Balaban J connectivity index is 2.30. The predicted octanol–water partition coefficient (Wildman–Crippen LogP) is 3.42. The number of carbonyl (C=O) groups is 1. The Kier molecular flexibility index (Phi) is 2.52. The summed E-state index contributed by atoms with van der Waals surface area (Å²) >= 11 is 11.6. The van der Waals surface area contributed by atoms with Crippen molar-refractivity contribution in [3.05, 3.63) is 33.8 Å². The second-order valence-corrected chi connectivity index (χ2v) is 3.82. The number of benzene rings is 1. The molecule has 0 fully saturated rings. The molecule has 1 atom stereocenters. The van der Waals surface area contributed by atoms with Crippen LogP contribution in [0.3, 0.4) is 0 Å². The van der Waals surface area contributed by atoms with Gasteiger partial charge in [0.25, 0.3) is 5.91 Å². The first kappa shape index (κ1) is 9.62. The molecule has 0 bridgehead atoms. The maximum Gasteiger partial charge on any atom is 0.266 e. The second kappa shape index (κ2) is 3.67. The maximum absolute atomic E-state index is 10.9. The number of amides is 1. The third-order valence-electron chi connectivity index (χ3n) is 2.01. The summed E-state index contributed by atoms with van der Waals surface area (Å²) in [5.74, 6) is -0.193. The van der Waals surface area contributed by atoms with Gasteiger partial charge in [-0.3, -0.25) is 4.79 Å². The van der Waals surface area contributed by atoms with E-state index in [4.69, 9.17) is 23.2 Å². The van der Waals surface area contributed by atoms with Crippen molar-refractivity contribution < 1.29 is 4.79 Å². The van der Waals surface area contributed by atoms with E-state index in [2.05, 4.69) is 10.2 Å². The van der Waals surface area contributed by atoms with Crippen molar-refractivity contribution in [1.82, 2.24) is 0 Å². The van der Waals surface area contributed by atoms with Gasteiger partial charge in [-0.1, -0.05) is 29.3 Å². The van der Waals surface area contributed by atoms with E-state index in [-0.39, 0.29) is 11.9 Å². The zero-order valence-electron chi connectivity index (χ0n) is 7.08. The summed E-state index contributed by atoms with van der Waals surface area (Å²) in [4.78, 5) is 10.9. The zero-order chi connectivity index (χ0) is 10.1. The number of hydrogen-bond donors (Lipinski definition) is 0. The van der Waals surface area contributed by atoms with E-state index in [0.29, 0.717) is 16.5 Å². The normalized spacial score (nSPS) is 20.4. The fraction of sp³-hybridized carbons (Fsp3) is 0.222. The molecule has 0 N–H and O–H groups in total. The summed E-state index contributed by atoms with van der Waals surface area (Å²) in [6.07, 6.45) is 0.317. The molecule has 1 aliphatic rings. The van der Waals surface area contributed by atoms with Gasteiger partial charge in [0.15, 0.2) is 0 Å². The molecule has 0 saturated heterocycles. The van der Waals surface area contributed by atoms with Crippen molar-refractivity contribution in [2.75, 3.05) is 0 Å². The molecule has 0 aliphatic carbocycles. The Morgan fingerprint density at radius 2 is 2.07 bits per heavy atom. The second-order valence-electron chi connectivity index (χ2n) is 3.00. The summed E-state index contributed by atoms with van der Waals surface area (Å²) in [5.41, 5.74) is 0.869. The first-order valence-corrected chi connectivity index (χ1v) is 4.81. The van der Waals surface area contributed by atoms with Gasteiger partial charge in [-0.25, -0.2) is 0 Å². The van der Waals surface area contributed by atoms with E-state index >= 15 is 0 Å². The molecule has 1 aliphatic heterocycles. The Labute approximate surface area is 90.7 Å². The predicted molar refractivity (Wildman–Crippen MR) is 53.7 cm³/mol. The third kappa shape index (κ3) is 1.79. The number of carbonyl (C=O) groups excluding carboxylic acids is 1. The first-order valence-electron chi connectivity index (χ1n) is 4.05. The smallest absolute Gasteiger partial charge is 0.266 e. The standard InChI is InChI=1S/C9H6Cl2N2O/c10-6-2-1-5(3-7(6)11)8-4-9(14)13-12-8/h1-3,8H,4H2. The molecule has 5 heteroatoms. The molecule has 14 heavy (non-hydrogen) atoms. The lowest BCUT2D eigenvalue weighted by molar-refractivity contribution is -0.117. The minimum atomic E-state index is -0.197. The minimum Gasteiger partial charge on any atom is -0.271 e. The van der Waals surface area contributed by atoms with Crippen LogP contribution in [-0.2, 0) is 4.79 Å².